The number of hydrogen-bond acceptors (Lipinski definition) is 5. The Bertz CT molecular complexity index is 1400. The Hall–Kier alpha value is -4.26. The molecular weight excluding hydrogens is 414 g/mol. The number of nitrogens with one attached hydrogen (secondary N) is 1. The Kier molecular flexibility index (Phi) is 5.68. The Morgan fingerprint density at radius 2 is 1.70 bits per heavy atom. The lowest BCUT2D eigenvalue weighted by Gasteiger charge is -2.16. The zero-order chi connectivity index (χ0) is 22.6. The number of aromatic nitrogens is 4. The summed E-state index contributed by atoms with van der Waals surface area (Å²) in [6, 6.07) is 25.5. The predicted molar refractivity (Wildman–Crippen MR) is 126 cm³/mol. The molecule has 0 spiro atoms. The van der Waals surface area contributed by atoms with Gasteiger partial charge in [0.2, 0.25) is 5.91 Å². The molecule has 0 bridgehead atoms. The van der Waals surface area contributed by atoms with E-state index in [-0.39, 0.29) is 11.9 Å². The highest BCUT2D eigenvalue weighted by Gasteiger charge is 2.21. The SMILES string of the molecule is CC(=O)N[C@@H](Cc1ccc(OCc2ccccc2)cc1)c1nnc2c3ccccc3cnn12. The maximum absolute atomic E-state index is 12.0. The number of rotatable bonds is 7. The van der Waals surface area contributed by atoms with Crippen LogP contribution >= 0.6 is 0 Å². The van der Waals surface area contributed by atoms with Gasteiger partial charge < -0.3 is 10.1 Å². The fraction of sp³-hybridized carbons (Fsp3) is 0.154. The van der Waals surface area contributed by atoms with Crippen LogP contribution in [0.3, 0.4) is 0 Å². The van der Waals surface area contributed by atoms with Gasteiger partial charge in [-0.25, -0.2) is 0 Å². The van der Waals surface area contributed by atoms with Crippen LogP contribution in [0.25, 0.3) is 16.4 Å². The molecule has 0 aliphatic heterocycles. The lowest BCUT2D eigenvalue weighted by molar-refractivity contribution is -0.119. The van der Waals surface area contributed by atoms with E-state index in [1.807, 2.05) is 78.9 Å². The lowest BCUT2D eigenvalue weighted by Crippen LogP contribution is -2.29. The maximum atomic E-state index is 12.0. The van der Waals surface area contributed by atoms with Gasteiger partial charge in [-0.2, -0.15) is 9.61 Å². The summed E-state index contributed by atoms with van der Waals surface area (Å²) in [4.78, 5) is 12.0. The summed E-state index contributed by atoms with van der Waals surface area (Å²) in [7, 11) is 0. The maximum Gasteiger partial charge on any atom is 0.217 e. The number of carbonyl (C=O) groups excluding carboxylic acids is 1. The van der Waals surface area contributed by atoms with Crippen LogP contribution in [0.4, 0.5) is 0 Å². The molecule has 1 N–H and O–H groups in total. The second-order valence-corrected chi connectivity index (χ2v) is 7.90. The zero-order valence-corrected chi connectivity index (χ0v) is 18.2. The summed E-state index contributed by atoms with van der Waals surface area (Å²) < 4.78 is 7.59. The average Bonchev–Trinajstić information content (AvgIpc) is 3.28. The van der Waals surface area contributed by atoms with E-state index in [1.54, 1.807) is 10.7 Å². The summed E-state index contributed by atoms with van der Waals surface area (Å²) in [5.74, 6) is 1.25. The van der Waals surface area contributed by atoms with Crippen LogP contribution in [0, 0.1) is 0 Å². The van der Waals surface area contributed by atoms with E-state index in [9.17, 15) is 4.79 Å². The molecule has 2 heterocycles. The van der Waals surface area contributed by atoms with Gasteiger partial charge in [0.15, 0.2) is 11.5 Å². The van der Waals surface area contributed by atoms with Crippen molar-refractivity contribution in [1.82, 2.24) is 25.1 Å². The van der Waals surface area contributed by atoms with Gasteiger partial charge in [-0.3, -0.25) is 4.79 Å². The Labute approximate surface area is 191 Å². The standard InChI is InChI=1S/C26H23N5O2/c1-18(32)28-24(26-30-29-25-23-10-6-5-9-21(23)16-27-31(25)26)15-19-11-13-22(14-12-19)33-17-20-7-3-2-4-8-20/h2-14,16,24H,15,17H2,1H3,(H,28,32)/t24-/m0/s1. The summed E-state index contributed by atoms with van der Waals surface area (Å²) in [6.45, 7) is 2.01. The van der Waals surface area contributed by atoms with E-state index >= 15 is 0 Å². The van der Waals surface area contributed by atoms with Crippen LogP contribution in [-0.4, -0.2) is 25.7 Å². The molecule has 0 unspecified atom stereocenters. The van der Waals surface area contributed by atoms with Gasteiger partial charge >= 0.3 is 0 Å². The second kappa shape index (κ2) is 9.08. The summed E-state index contributed by atoms with van der Waals surface area (Å²) >= 11 is 0. The molecule has 164 valence electrons. The molecule has 0 saturated carbocycles. The molecule has 5 rings (SSSR count). The van der Waals surface area contributed by atoms with Crippen molar-refractivity contribution in [2.75, 3.05) is 0 Å². The van der Waals surface area contributed by atoms with Gasteiger partial charge in [0, 0.05) is 24.1 Å². The van der Waals surface area contributed by atoms with E-state index in [4.69, 9.17) is 4.74 Å². The van der Waals surface area contributed by atoms with Gasteiger partial charge in [-0.05, 0) is 23.3 Å². The van der Waals surface area contributed by atoms with Gasteiger partial charge in [-0.1, -0.05) is 66.7 Å². The molecule has 0 saturated heterocycles. The molecule has 7 nitrogen and oxygen atoms in total. The van der Waals surface area contributed by atoms with Gasteiger partial charge in [-0.15, -0.1) is 10.2 Å². The normalized spacial score (nSPS) is 12.0. The fourth-order valence-electron chi connectivity index (χ4n) is 3.87. The van der Waals surface area contributed by atoms with Crippen LogP contribution in [-0.2, 0) is 17.8 Å². The highest BCUT2D eigenvalue weighted by Crippen LogP contribution is 2.23. The van der Waals surface area contributed by atoms with E-state index in [2.05, 4.69) is 20.6 Å². The largest absolute Gasteiger partial charge is 0.489 e. The van der Waals surface area contributed by atoms with Crippen molar-refractivity contribution in [2.24, 2.45) is 0 Å². The highest BCUT2D eigenvalue weighted by molar-refractivity contribution is 5.92. The van der Waals surface area contributed by atoms with Crippen LogP contribution in [0.2, 0.25) is 0 Å². The predicted octanol–water partition coefficient (Wildman–Crippen LogP) is 4.28. The summed E-state index contributed by atoms with van der Waals surface area (Å²) in [5, 5.41) is 18.2. The average molecular weight is 438 g/mol. The summed E-state index contributed by atoms with van der Waals surface area (Å²) in [5.41, 5.74) is 2.83. The first-order valence-corrected chi connectivity index (χ1v) is 10.8. The Morgan fingerprint density at radius 1 is 0.939 bits per heavy atom. The van der Waals surface area contributed by atoms with Crippen molar-refractivity contribution in [3.05, 3.63) is 102 Å². The van der Waals surface area contributed by atoms with Crippen molar-refractivity contribution in [3.8, 4) is 5.75 Å². The van der Waals surface area contributed by atoms with Gasteiger partial charge in [0.1, 0.15) is 12.4 Å². The monoisotopic (exact) mass is 437 g/mol. The topological polar surface area (TPSA) is 81.4 Å². The first-order chi connectivity index (χ1) is 16.2. The third-order valence-corrected chi connectivity index (χ3v) is 5.48. The number of hydrogen-bond donors (Lipinski definition) is 1. The highest BCUT2D eigenvalue weighted by atomic mass is 16.5. The lowest BCUT2D eigenvalue weighted by atomic mass is 10.0. The number of nitrogens with zero attached hydrogens (tertiary/aromatic N) is 4. The van der Waals surface area contributed by atoms with Crippen molar-refractivity contribution in [1.29, 1.82) is 0 Å². The molecule has 0 fully saturated rings. The van der Waals surface area contributed by atoms with E-state index in [0.717, 1.165) is 27.6 Å². The molecule has 33 heavy (non-hydrogen) atoms. The van der Waals surface area contributed by atoms with Gasteiger partial charge in [0.25, 0.3) is 0 Å². The minimum Gasteiger partial charge on any atom is -0.489 e. The first-order valence-electron chi connectivity index (χ1n) is 10.8. The zero-order valence-electron chi connectivity index (χ0n) is 18.2. The van der Waals surface area contributed by atoms with Gasteiger partial charge in [0.05, 0.1) is 12.2 Å². The quantitative estimate of drug-likeness (QED) is 0.411. The van der Waals surface area contributed by atoms with Crippen LogP contribution in [0.5, 0.6) is 5.75 Å². The van der Waals surface area contributed by atoms with E-state index in [1.165, 1.54) is 6.92 Å². The molecule has 1 amide bonds. The second-order valence-electron chi connectivity index (χ2n) is 7.90. The molecular formula is C26H23N5O2. The van der Waals surface area contributed by atoms with E-state index < -0.39 is 0 Å². The Morgan fingerprint density at radius 3 is 2.48 bits per heavy atom. The molecule has 0 aliphatic carbocycles. The molecule has 1 atom stereocenters. The number of ether oxygens (including phenoxy) is 1. The van der Waals surface area contributed by atoms with Crippen molar-refractivity contribution >= 4 is 22.3 Å². The molecule has 7 heteroatoms. The van der Waals surface area contributed by atoms with Crippen molar-refractivity contribution < 1.29 is 9.53 Å². The third kappa shape index (κ3) is 4.52. The first kappa shape index (κ1) is 20.6. The number of carbonyl (C=O) groups is 1. The molecule has 5 aromatic rings. The molecule has 0 aliphatic rings. The number of fused-ring (bicyclic) bond motifs is 3. The van der Waals surface area contributed by atoms with E-state index in [0.29, 0.717) is 24.5 Å². The minimum atomic E-state index is -0.373. The fourth-order valence-corrected chi connectivity index (χ4v) is 3.87. The summed E-state index contributed by atoms with van der Waals surface area (Å²) in [6.07, 6.45) is 2.34. The molecule has 3 aromatic carbocycles. The van der Waals surface area contributed by atoms with Crippen LogP contribution < -0.4 is 10.1 Å². The molecule has 2 aromatic heterocycles. The number of benzene rings is 3. The number of amides is 1. The van der Waals surface area contributed by atoms with Crippen molar-refractivity contribution in [2.45, 2.75) is 26.0 Å². The van der Waals surface area contributed by atoms with Crippen LogP contribution in [0.15, 0.2) is 85.1 Å². The Balaban J connectivity index is 1.37. The minimum absolute atomic E-state index is 0.139. The van der Waals surface area contributed by atoms with Crippen molar-refractivity contribution in [3.63, 3.8) is 0 Å². The third-order valence-electron chi connectivity index (χ3n) is 5.48. The smallest absolute Gasteiger partial charge is 0.217 e. The molecule has 0 radical (unpaired) electrons. The van der Waals surface area contributed by atoms with Crippen LogP contribution in [0.1, 0.15) is 29.9 Å².